The van der Waals surface area contributed by atoms with E-state index in [1.807, 2.05) is 11.3 Å². The van der Waals surface area contributed by atoms with Crippen molar-refractivity contribution in [1.29, 1.82) is 0 Å². The largest absolute Gasteiger partial charge is 0.354 e. The van der Waals surface area contributed by atoms with E-state index in [1.165, 1.54) is 16.8 Å². The highest BCUT2D eigenvalue weighted by molar-refractivity contribution is 7.10. The first kappa shape index (κ1) is 15.2. The summed E-state index contributed by atoms with van der Waals surface area (Å²) in [6.45, 7) is 5.51. The van der Waals surface area contributed by atoms with Gasteiger partial charge in [0, 0.05) is 37.0 Å². The van der Waals surface area contributed by atoms with Gasteiger partial charge in [0.05, 0.1) is 6.54 Å². The number of rotatable bonds is 6. The van der Waals surface area contributed by atoms with Gasteiger partial charge in [0.2, 0.25) is 5.91 Å². The fourth-order valence-corrected chi connectivity index (χ4v) is 3.58. The minimum absolute atomic E-state index is 0.0654. The molecule has 1 aliphatic rings. The summed E-state index contributed by atoms with van der Waals surface area (Å²) in [6, 6.07) is 2.57. The number of amides is 1. The molecule has 0 spiro atoms. The van der Waals surface area contributed by atoms with Crippen molar-refractivity contribution in [2.24, 2.45) is 0 Å². The fraction of sp³-hybridized carbons (Fsp3) is 0.533. The Balaban J connectivity index is 1.40. The minimum atomic E-state index is 0.0654. The van der Waals surface area contributed by atoms with Crippen LogP contribution in [0.4, 0.5) is 0 Å². The smallest absolute Gasteiger partial charge is 0.221 e. The highest BCUT2D eigenvalue weighted by atomic mass is 32.1. The Labute approximate surface area is 134 Å². The quantitative estimate of drug-likeness (QED) is 0.871. The van der Waals surface area contributed by atoms with E-state index < -0.39 is 0 Å². The summed E-state index contributed by atoms with van der Waals surface area (Å²) in [5, 5.41) is 9.18. The zero-order valence-electron chi connectivity index (χ0n) is 12.7. The Morgan fingerprint density at radius 1 is 1.55 bits per heavy atom. The number of fused-ring (bicyclic) bond motifs is 1. The molecule has 2 aromatic rings. The van der Waals surface area contributed by atoms with Crippen LogP contribution in [0.5, 0.6) is 0 Å². The molecule has 0 fully saturated rings. The number of thiophene rings is 1. The van der Waals surface area contributed by atoms with Crippen molar-refractivity contribution in [2.75, 3.05) is 13.1 Å². The number of aryl methyl sites for hydroxylation is 1. The molecular formula is C15H21N5OS. The van der Waals surface area contributed by atoms with Crippen LogP contribution in [0, 0.1) is 0 Å². The molecule has 0 saturated carbocycles. The Kier molecular flexibility index (Phi) is 4.84. The van der Waals surface area contributed by atoms with Crippen LogP contribution in [0.25, 0.3) is 0 Å². The third-order valence-electron chi connectivity index (χ3n) is 4.09. The number of aromatic nitrogens is 3. The van der Waals surface area contributed by atoms with Gasteiger partial charge >= 0.3 is 0 Å². The predicted octanol–water partition coefficient (Wildman–Crippen LogP) is 1.29. The van der Waals surface area contributed by atoms with Gasteiger partial charge in [-0.2, -0.15) is 5.10 Å². The molecule has 1 N–H and O–H groups in total. The van der Waals surface area contributed by atoms with Crippen molar-refractivity contribution in [3.8, 4) is 0 Å². The number of hydrogen-bond acceptors (Lipinski definition) is 5. The summed E-state index contributed by atoms with van der Waals surface area (Å²) in [5.41, 5.74) is 1.45. The third-order valence-corrected chi connectivity index (χ3v) is 5.11. The van der Waals surface area contributed by atoms with Gasteiger partial charge in [-0.1, -0.05) is 0 Å². The van der Waals surface area contributed by atoms with Crippen molar-refractivity contribution in [1.82, 2.24) is 25.0 Å². The lowest BCUT2D eigenvalue weighted by atomic mass is 10.1. The number of carbonyl (C=O) groups is 1. The van der Waals surface area contributed by atoms with Crippen LogP contribution in [0.15, 0.2) is 24.1 Å². The molecule has 0 aromatic carbocycles. The lowest BCUT2D eigenvalue weighted by Crippen LogP contribution is -2.44. The SMILES string of the molecule is C[C@H](CNC(=O)CCn1cncn1)N1CCc2sccc2C1. The molecule has 22 heavy (non-hydrogen) atoms. The van der Waals surface area contributed by atoms with E-state index in [0.29, 0.717) is 25.6 Å². The maximum Gasteiger partial charge on any atom is 0.221 e. The van der Waals surface area contributed by atoms with Gasteiger partial charge in [0.1, 0.15) is 12.7 Å². The molecule has 3 rings (SSSR count). The van der Waals surface area contributed by atoms with Crippen molar-refractivity contribution < 1.29 is 4.79 Å². The van der Waals surface area contributed by atoms with Gasteiger partial charge in [-0.15, -0.1) is 11.3 Å². The fourth-order valence-electron chi connectivity index (χ4n) is 2.69. The second-order valence-electron chi connectivity index (χ2n) is 5.65. The molecule has 0 aliphatic carbocycles. The molecule has 1 atom stereocenters. The second kappa shape index (κ2) is 7.02. The van der Waals surface area contributed by atoms with E-state index in [2.05, 4.69) is 38.7 Å². The van der Waals surface area contributed by atoms with Crippen molar-refractivity contribution >= 4 is 17.2 Å². The standard InChI is InChI=1S/C15H21N5OS/c1-12(19-5-2-14-13(9-19)4-7-22-14)8-17-15(21)3-6-20-11-16-10-18-20/h4,7,10-12H,2-3,5-6,8-9H2,1H3,(H,17,21)/t12-/m1/s1. The van der Waals surface area contributed by atoms with E-state index in [0.717, 1.165) is 19.5 Å². The van der Waals surface area contributed by atoms with Gasteiger partial charge in [-0.3, -0.25) is 14.4 Å². The van der Waals surface area contributed by atoms with Crippen LogP contribution >= 0.6 is 11.3 Å². The minimum Gasteiger partial charge on any atom is -0.354 e. The molecule has 6 nitrogen and oxygen atoms in total. The number of hydrogen-bond donors (Lipinski definition) is 1. The molecule has 0 unspecified atom stereocenters. The van der Waals surface area contributed by atoms with E-state index in [-0.39, 0.29) is 5.91 Å². The predicted molar refractivity (Wildman–Crippen MR) is 85.5 cm³/mol. The molecule has 7 heteroatoms. The first-order valence-corrected chi connectivity index (χ1v) is 8.49. The molecule has 0 radical (unpaired) electrons. The maximum absolute atomic E-state index is 11.9. The lowest BCUT2D eigenvalue weighted by Gasteiger charge is -2.32. The van der Waals surface area contributed by atoms with E-state index in [9.17, 15) is 4.79 Å². The van der Waals surface area contributed by atoms with Crippen molar-refractivity contribution in [2.45, 2.75) is 38.9 Å². The van der Waals surface area contributed by atoms with Crippen molar-refractivity contribution in [3.05, 3.63) is 34.5 Å². The van der Waals surface area contributed by atoms with Gasteiger partial charge in [0.15, 0.2) is 0 Å². The van der Waals surface area contributed by atoms with Crippen LogP contribution in [0.2, 0.25) is 0 Å². The van der Waals surface area contributed by atoms with Crippen LogP contribution in [-0.2, 0) is 24.3 Å². The van der Waals surface area contributed by atoms with Crippen LogP contribution < -0.4 is 5.32 Å². The average Bonchev–Trinajstić information content (AvgIpc) is 3.20. The van der Waals surface area contributed by atoms with Crippen molar-refractivity contribution in [3.63, 3.8) is 0 Å². The summed E-state index contributed by atoms with van der Waals surface area (Å²) >= 11 is 1.85. The summed E-state index contributed by atoms with van der Waals surface area (Å²) in [7, 11) is 0. The Morgan fingerprint density at radius 3 is 3.27 bits per heavy atom. The normalized spacial score (nSPS) is 16.2. The van der Waals surface area contributed by atoms with Gasteiger partial charge < -0.3 is 5.32 Å². The monoisotopic (exact) mass is 319 g/mol. The lowest BCUT2D eigenvalue weighted by molar-refractivity contribution is -0.121. The van der Waals surface area contributed by atoms with Gasteiger partial charge in [-0.05, 0) is 30.4 Å². The molecule has 1 amide bonds. The van der Waals surface area contributed by atoms with E-state index in [1.54, 1.807) is 11.0 Å². The molecule has 0 bridgehead atoms. The summed E-state index contributed by atoms with van der Waals surface area (Å²) in [5.74, 6) is 0.0654. The first-order valence-electron chi connectivity index (χ1n) is 7.61. The number of nitrogens with one attached hydrogen (secondary N) is 1. The zero-order valence-corrected chi connectivity index (χ0v) is 13.6. The number of nitrogens with zero attached hydrogens (tertiary/aromatic N) is 4. The zero-order chi connectivity index (χ0) is 15.4. The summed E-state index contributed by atoms with van der Waals surface area (Å²) in [4.78, 5) is 19.7. The highest BCUT2D eigenvalue weighted by Crippen LogP contribution is 2.24. The topological polar surface area (TPSA) is 63.1 Å². The molecule has 1 aliphatic heterocycles. The van der Waals surface area contributed by atoms with E-state index >= 15 is 0 Å². The van der Waals surface area contributed by atoms with Crippen LogP contribution in [0.1, 0.15) is 23.8 Å². The average molecular weight is 319 g/mol. The van der Waals surface area contributed by atoms with E-state index in [4.69, 9.17) is 0 Å². The summed E-state index contributed by atoms with van der Waals surface area (Å²) in [6.07, 6.45) is 4.67. The maximum atomic E-state index is 11.9. The molecule has 0 saturated heterocycles. The Bertz CT molecular complexity index is 609. The molecule has 118 valence electrons. The van der Waals surface area contributed by atoms with Crippen LogP contribution in [-0.4, -0.2) is 44.7 Å². The highest BCUT2D eigenvalue weighted by Gasteiger charge is 2.21. The molecule has 2 aromatic heterocycles. The molecular weight excluding hydrogens is 298 g/mol. The van der Waals surface area contributed by atoms with Crippen LogP contribution in [0.3, 0.4) is 0 Å². The summed E-state index contributed by atoms with van der Waals surface area (Å²) < 4.78 is 1.67. The Morgan fingerprint density at radius 2 is 2.45 bits per heavy atom. The first-order chi connectivity index (χ1) is 10.7. The number of carbonyl (C=O) groups excluding carboxylic acids is 1. The third kappa shape index (κ3) is 3.72. The molecule has 3 heterocycles. The van der Waals surface area contributed by atoms with Gasteiger partial charge in [0.25, 0.3) is 0 Å². The second-order valence-corrected chi connectivity index (χ2v) is 6.65. The van der Waals surface area contributed by atoms with Gasteiger partial charge in [-0.25, -0.2) is 4.98 Å². The Hall–Kier alpha value is -1.73.